The van der Waals surface area contributed by atoms with E-state index < -0.39 is 29.9 Å². The minimum atomic E-state index is -0.800. The van der Waals surface area contributed by atoms with Crippen molar-refractivity contribution in [2.24, 2.45) is 11.7 Å². The quantitative estimate of drug-likeness (QED) is 0.345. The fourth-order valence-electron chi connectivity index (χ4n) is 2.64. The number of hydrogen-bond donors (Lipinski definition) is 4. The zero-order valence-electron chi connectivity index (χ0n) is 18.8. The number of likely N-dealkylation sites (N-methyl/N-ethyl adjacent to an activating group) is 1. The van der Waals surface area contributed by atoms with Gasteiger partial charge in [-0.1, -0.05) is 44.2 Å². The lowest BCUT2D eigenvalue weighted by Crippen LogP contribution is -2.48. The van der Waals surface area contributed by atoms with Crippen molar-refractivity contribution in [3.05, 3.63) is 35.9 Å². The van der Waals surface area contributed by atoms with E-state index in [4.69, 9.17) is 10.5 Å². The third-order valence-electron chi connectivity index (χ3n) is 4.20. The summed E-state index contributed by atoms with van der Waals surface area (Å²) in [5.41, 5.74) is 6.55. The normalized spacial score (nSPS) is 11.2. The third kappa shape index (κ3) is 11.6. The Labute approximate surface area is 195 Å². The van der Waals surface area contributed by atoms with Gasteiger partial charge in [0.1, 0.15) is 6.61 Å². The lowest BCUT2D eigenvalue weighted by Gasteiger charge is -2.20. The molecule has 0 aliphatic heterocycles. The van der Waals surface area contributed by atoms with E-state index in [2.05, 4.69) is 16.0 Å². The van der Waals surface area contributed by atoms with Gasteiger partial charge in [-0.3, -0.25) is 14.4 Å². The van der Waals surface area contributed by atoms with Crippen molar-refractivity contribution in [1.29, 1.82) is 0 Å². The number of nitrogens with one attached hydrogen (secondary N) is 3. The monoisotopic (exact) mass is 471 g/mol. The zero-order valence-corrected chi connectivity index (χ0v) is 19.6. The first-order valence-electron chi connectivity index (χ1n) is 10.2. The van der Waals surface area contributed by atoms with Crippen LogP contribution in [0.2, 0.25) is 0 Å². The third-order valence-corrected chi connectivity index (χ3v) is 4.20. The summed E-state index contributed by atoms with van der Waals surface area (Å²) in [5, 5.41) is 7.72. The van der Waals surface area contributed by atoms with Gasteiger partial charge in [-0.25, -0.2) is 9.69 Å². The Morgan fingerprint density at radius 1 is 1.06 bits per heavy atom. The zero-order chi connectivity index (χ0) is 23.2. The average molecular weight is 472 g/mol. The fraction of sp³-hybridized carbons (Fsp3) is 0.524. The molecular weight excluding hydrogens is 438 g/mol. The number of halogens is 1. The molecule has 0 aliphatic rings. The van der Waals surface area contributed by atoms with Crippen molar-refractivity contribution in [2.45, 2.75) is 32.9 Å². The van der Waals surface area contributed by atoms with E-state index in [0.717, 1.165) is 10.5 Å². The maximum atomic E-state index is 12.4. The van der Waals surface area contributed by atoms with E-state index in [0.29, 0.717) is 6.42 Å². The predicted molar refractivity (Wildman–Crippen MR) is 123 cm³/mol. The van der Waals surface area contributed by atoms with Crippen LogP contribution in [-0.2, 0) is 25.7 Å². The highest BCUT2D eigenvalue weighted by molar-refractivity contribution is 5.93. The maximum absolute atomic E-state index is 12.4. The molecular formula is C21H34ClN5O5. The Morgan fingerprint density at radius 2 is 1.72 bits per heavy atom. The molecule has 0 radical (unpaired) electrons. The van der Waals surface area contributed by atoms with Crippen LogP contribution in [0.15, 0.2) is 30.3 Å². The van der Waals surface area contributed by atoms with E-state index in [1.807, 2.05) is 32.0 Å². The largest absolute Gasteiger partial charge is 0.444 e. The number of imide groups is 1. The molecule has 0 spiro atoms. The van der Waals surface area contributed by atoms with Crippen LogP contribution in [0.4, 0.5) is 4.79 Å². The van der Waals surface area contributed by atoms with Crippen LogP contribution in [0.5, 0.6) is 0 Å². The van der Waals surface area contributed by atoms with Gasteiger partial charge in [0.05, 0.1) is 19.1 Å². The molecule has 0 unspecified atom stereocenters. The van der Waals surface area contributed by atoms with Gasteiger partial charge >= 0.3 is 6.09 Å². The summed E-state index contributed by atoms with van der Waals surface area (Å²) in [7, 11) is 1.58. The van der Waals surface area contributed by atoms with Crippen LogP contribution < -0.4 is 21.7 Å². The minimum Gasteiger partial charge on any atom is -0.444 e. The van der Waals surface area contributed by atoms with Crippen LogP contribution in [0.3, 0.4) is 0 Å². The number of rotatable bonds is 12. The molecule has 1 aromatic rings. The first-order valence-corrected chi connectivity index (χ1v) is 10.2. The second kappa shape index (κ2) is 16.0. The van der Waals surface area contributed by atoms with E-state index in [-0.39, 0.29) is 51.1 Å². The van der Waals surface area contributed by atoms with E-state index in [1.165, 1.54) is 0 Å². The van der Waals surface area contributed by atoms with Crippen LogP contribution in [0, 0.1) is 5.92 Å². The van der Waals surface area contributed by atoms with Crippen molar-refractivity contribution in [3.8, 4) is 0 Å². The molecule has 1 atom stereocenters. The molecule has 0 saturated heterocycles. The highest BCUT2D eigenvalue weighted by Crippen LogP contribution is 2.04. The van der Waals surface area contributed by atoms with E-state index in [9.17, 15) is 19.2 Å². The number of carbonyl (C=O) groups excluding carboxylic acids is 4. The lowest BCUT2D eigenvalue weighted by molar-refractivity contribution is -0.129. The molecule has 1 aromatic carbocycles. The molecule has 0 heterocycles. The molecule has 11 heteroatoms. The molecule has 32 heavy (non-hydrogen) atoms. The molecule has 180 valence electrons. The predicted octanol–water partition coefficient (Wildman–Crippen LogP) is 0.399. The van der Waals surface area contributed by atoms with E-state index >= 15 is 0 Å². The summed E-state index contributed by atoms with van der Waals surface area (Å²) in [6.45, 7) is 3.57. The highest BCUT2D eigenvalue weighted by atomic mass is 35.5. The van der Waals surface area contributed by atoms with Crippen LogP contribution >= 0.6 is 12.4 Å². The first kappa shape index (κ1) is 29.3. The summed E-state index contributed by atoms with van der Waals surface area (Å²) in [6.07, 6.45) is -0.285. The Kier molecular flexibility index (Phi) is 14.7. The van der Waals surface area contributed by atoms with Crippen LogP contribution in [-0.4, -0.2) is 68.0 Å². The van der Waals surface area contributed by atoms with Gasteiger partial charge < -0.3 is 26.4 Å². The molecule has 0 fully saturated rings. The number of benzene rings is 1. The van der Waals surface area contributed by atoms with Crippen LogP contribution in [0.1, 0.15) is 25.8 Å². The van der Waals surface area contributed by atoms with Gasteiger partial charge in [-0.05, 0) is 24.9 Å². The lowest BCUT2D eigenvalue weighted by atomic mass is 10.0. The van der Waals surface area contributed by atoms with Gasteiger partial charge in [0.25, 0.3) is 0 Å². The first-order chi connectivity index (χ1) is 14.7. The topological polar surface area (TPSA) is 143 Å². The molecule has 0 aliphatic carbocycles. The SMILES string of the molecule is CNCC(=O)N(CCNC(=O)CNC(=O)[C@@H](N)CC(C)C)C(=O)OCc1ccccc1.Cl. The number of ether oxygens (including phenoxy) is 1. The van der Waals surface area contributed by atoms with Crippen molar-refractivity contribution in [3.63, 3.8) is 0 Å². The summed E-state index contributed by atoms with van der Waals surface area (Å²) in [5.74, 6) is -1.08. The van der Waals surface area contributed by atoms with Crippen molar-refractivity contribution >= 4 is 36.2 Å². The Hall–Kier alpha value is -2.69. The molecule has 4 amide bonds. The van der Waals surface area contributed by atoms with Gasteiger partial charge in [-0.15, -0.1) is 12.4 Å². The second-order valence-electron chi connectivity index (χ2n) is 7.42. The Balaban J connectivity index is 0.00000961. The summed E-state index contributed by atoms with van der Waals surface area (Å²) in [4.78, 5) is 49.3. The highest BCUT2D eigenvalue weighted by Gasteiger charge is 2.22. The summed E-state index contributed by atoms with van der Waals surface area (Å²) >= 11 is 0. The van der Waals surface area contributed by atoms with Gasteiger partial charge in [-0.2, -0.15) is 0 Å². The molecule has 1 rings (SSSR count). The molecule has 0 saturated carbocycles. The van der Waals surface area contributed by atoms with Crippen molar-refractivity contribution in [1.82, 2.24) is 20.9 Å². The molecule has 0 aromatic heterocycles. The fourth-order valence-corrected chi connectivity index (χ4v) is 2.64. The number of hydrogen-bond acceptors (Lipinski definition) is 7. The number of nitrogens with two attached hydrogens (primary N) is 1. The van der Waals surface area contributed by atoms with Crippen molar-refractivity contribution in [2.75, 3.05) is 33.2 Å². The van der Waals surface area contributed by atoms with Crippen LogP contribution in [0.25, 0.3) is 0 Å². The average Bonchev–Trinajstić information content (AvgIpc) is 2.73. The van der Waals surface area contributed by atoms with E-state index in [1.54, 1.807) is 19.2 Å². The number of amides is 4. The Morgan fingerprint density at radius 3 is 2.31 bits per heavy atom. The molecule has 5 N–H and O–H groups in total. The summed E-state index contributed by atoms with van der Waals surface area (Å²) in [6, 6.07) is 8.40. The van der Waals surface area contributed by atoms with Gasteiger partial charge in [0, 0.05) is 13.1 Å². The van der Waals surface area contributed by atoms with Gasteiger partial charge in [0.15, 0.2) is 0 Å². The summed E-state index contributed by atoms with van der Waals surface area (Å²) < 4.78 is 5.21. The second-order valence-corrected chi connectivity index (χ2v) is 7.42. The van der Waals surface area contributed by atoms with Gasteiger partial charge in [0.2, 0.25) is 17.7 Å². The minimum absolute atomic E-state index is 0. The van der Waals surface area contributed by atoms with Crippen molar-refractivity contribution < 1.29 is 23.9 Å². The Bertz CT molecular complexity index is 733. The number of carbonyl (C=O) groups is 4. The standard InChI is InChI=1S/C21H33N5O5.ClH/c1-15(2)11-17(22)20(29)25-12-18(27)24-9-10-26(19(28)13-23-3)21(30)31-14-16-7-5-4-6-8-16;/h4-8,15,17,23H,9-14,22H2,1-3H3,(H,24,27)(H,25,29);1H/t17-;/m0./s1. The molecule has 10 nitrogen and oxygen atoms in total. The smallest absolute Gasteiger partial charge is 0.416 e. The number of nitrogens with zero attached hydrogens (tertiary/aromatic N) is 1. The maximum Gasteiger partial charge on any atom is 0.416 e. The molecule has 0 bridgehead atoms.